The molecule has 0 amide bonds. The molecule has 1 heterocycles. The smallest absolute Gasteiger partial charge is 0.143 e. The van der Waals surface area contributed by atoms with Crippen molar-refractivity contribution in [1.29, 1.82) is 0 Å². The van der Waals surface area contributed by atoms with Gasteiger partial charge in [-0.1, -0.05) is 11.6 Å². The number of rotatable bonds is 3. The lowest BCUT2D eigenvalue weighted by atomic mass is 10.3. The van der Waals surface area contributed by atoms with Crippen molar-refractivity contribution in [3.63, 3.8) is 0 Å². The molecule has 0 aliphatic heterocycles. The molecule has 0 saturated carbocycles. The van der Waals surface area contributed by atoms with Crippen molar-refractivity contribution < 1.29 is 4.74 Å². The van der Waals surface area contributed by atoms with Crippen LogP contribution in [0.25, 0.3) is 0 Å². The van der Waals surface area contributed by atoms with E-state index in [0.717, 1.165) is 0 Å². The van der Waals surface area contributed by atoms with Gasteiger partial charge in [-0.25, -0.2) is 0 Å². The lowest BCUT2D eigenvalue weighted by Crippen LogP contribution is -1.95. The number of nitrogens with two attached hydrogens (primary N) is 1. The van der Waals surface area contributed by atoms with Crippen LogP contribution in [0.3, 0.4) is 0 Å². The summed E-state index contributed by atoms with van der Waals surface area (Å²) in [6.07, 6.45) is 1.59. The Hall–Kier alpha value is -1.88. The highest BCUT2D eigenvalue weighted by Gasteiger charge is 2.06. The van der Waals surface area contributed by atoms with Gasteiger partial charge in [-0.15, -0.1) is 0 Å². The highest BCUT2D eigenvalue weighted by atomic mass is 35.5. The summed E-state index contributed by atoms with van der Waals surface area (Å²) in [4.78, 5) is 0. The zero-order valence-electron chi connectivity index (χ0n) is 8.62. The summed E-state index contributed by atoms with van der Waals surface area (Å²) in [5.41, 5.74) is 7.05. The third kappa shape index (κ3) is 2.04. The first kappa shape index (κ1) is 10.6. The van der Waals surface area contributed by atoms with Gasteiger partial charge in [0.25, 0.3) is 0 Å². The lowest BCUT2D eigenvalue weighted by Gasteiger charge is -2.08. The van der Waals surface area contributed by atoms with Crippen LogP contribution in [0.1, 0.15) is 0 Å². The Kier molecular flexibility index (Phi) is 2.87. The fraction of sp³-hybridized carbons (Fsp3) is 0.100. The Morgan fingerprint density at radius 2 is 2.25 bits per heavy atom. The second-order valence-corrected chi connectivity index (χ2v) is 3.58. The van der Waals surface area contributed by atoms with Crippen molar-refractivity contribution in [3.8, 4) is 5.75 Å². The van der Waals surface area contributed by atoms with Crippen molar-refractivity contribution in [2.45, 2.75) is 0 Å². The van der Waals surface area contributed by atoms with E-state index in [4.69, 9.17) is 22.1 Å². The fourth-order valence-corrected chi connectivity index (χ4v) is 1.43. The Morgan fingerprint density at radius 3 is 2.88 bits per heavy atom. The summed E-state index contributed by atoms with van der Waals surface area (Å²) in [5.74, 6) is 1.17. The number of ether oxygens (including phenoxy) is 1. The van der Waals surface area contributed by atoms with Crippen LogP contribution in [0.15, 0.2) is 24.4 Å². The number of hydrogen-bond donors (Lipinski definition) is 3. The van der Waals surface area contributed by atoms with Crippen molar-refractivity contribution in [2.24, 2.45) is 0 Å². The van der Waals surface area contributed by atoms with Crippen LogP contribution in [-0.2, 0) is 0 Å². The van der Waals surface area contributed by atoms with E-state index in [1.807, 2.05) is 0 Å². The maximum absolute atomic E-state index is 6.03. The SMILES string of the molecule is COc1ccc(Cl)c(Nc2cn[nH]c2N)c1. The molecule has 5 nitrogen and oxygen atoms in total. The molecule has 0 unspecified atom stereocenters. The van der Waals surface area contributed by atoms with Gasteiger partial charge in [-0.05, 0) is 12.1 Å². The van der Waals surface area contributed by atoms with Gasteiger partial charge in [0.2, 0.25) is 0 Å². The molecule has 2 aromatic rings. The van der Waals surface area contributed by atoms with E-state index in [1.54, 1.807) is 31.5 Å². The number of nitrogens with one attached hydrogen (secondary N) is 2. The molecule has 0 aliphatic carbocycles. The highest BCUT2D eigenvalue weighted by Crippen LogP contribution is 2.30. The third-order valence-electron chi connectivity index (χ3n) is 2.11. The molecule has 0 saturated heterocycles. The predicted octanol–water partition coefficient (Wildman–Crippen LogP) is 2.40. The fourth-order valence-electron chi connectivity index (χ4n) is 1.27. The van der Waals surface area contributed by atoms with Gasteiger partial charge in [0.05, 0.1) is 24.0 Å². The topological polar surface area (TPSA) is 76.0 Å². The second kappa shape index (κ2) is 4.32. The van der Waals surface area contributed by atoms with Crippen LogP contribution in [0.4, 0.5) is 17.2 Å². The first-order valence-electron chi connectivity index (χ1n) is 4.60. The van der Waals surface area contributed by atoms with Crippen LogP contribution in [0.5, 0.6) is 5.75 Å². The molecule has 0 atom stereocenters. The minimum absolute atomic E-state index is 0.457. The van der Waals surface area contributed by atoms with Crippen molar-refractivity contribution in [1.82, 2.24) is 10.2 Å². The quantitative estimate of drug-likeness (QED) is 0.768. The molecular weight excluding hydrogens is 228 g/mol. The summed E-state index contributed by atoms with van der Waals surface area (Å²) in [6.45, 7) is 0. The predicted molar refractivity (Wildman–Crippen MR) is 64.3 cm³/mol. The number of halogens is 1. The molecule has 0 spiro atoms. The Balaban J connectivity index is 2.30. The van der Waals surface area contributed by atoms with E-state index in [-0.39, 0.29) is 0 Å². The molecule has 0 bridgehead atoms. The molecule has 4 N–H and O–H groups in total. The van der Waals surface area contributed by atoms with E-state index in [2.05, 4.69) is 15.5 Å². The average Bonchev–Trinajstić information content (AvgIpc) is 2.68. The standard InChI is InChI=1S/C10H11ClN4O/c1-16-6-2-3-7(11)8(4-6)14-9-5-13-15-10(9)12/h2-5,14H,1H3,(H3,12,13,15). The summed E-state index contributed by atoms with van der Waals surface area (Å²) in [6, 6.07) is 5.32. The van der Waals surface area contributed by atoms with E-state index >= 15 is 0 Å². The van der Waals surface area contributed by atoms with Gasteiger partial charge >= 0.3 is 0 Å². The molecule has 0 aliphatic rings. The maximum atomic E-state index is 6.03. The molecule has 6 heteroatoms. The summed E-state index contributed by atoms with van der Waals surface area (Å²) < 4.78 is 5.11. The number of anilines is 3. The Morgan fingerprint density at radius 1 is 1.44 bits per heavy atom. The lowest BCUT2D eigenvalue weighted by molar-refractivity contribution is 0.415. The monoisotopic (exact) mass is 238 g/mol. The molecule has 2 rings (SSSR count). The van der Waals surface area contributed by atoms with E-state index < -0.39 is 0 Å². The number of nitrogen functional groups attached to an aromatic ring is 1. The number of H-pyrrole nitrogens is 1. The van der Waals surface area contributed by atoms with E-state index in [1.165, 1.54) is 0 Å². The van der Waals surface area contributed by atoms with Gasteiger partial charge in [-0.2, -0.15) is 5.10 Å². The zero-order chi connectivity index (χ0) is 11.5. The summed E-state index contributed by atoms with van der Waals surface area (Å²) >= 11 is 6.03. The summed E-state index contributed by atoms with van der Waals surface area (Å²) in [5, 5.41) is 10.1. The van der Waals surface area contributed by atoms with Crippen LogP contribution < -0.4 is 15.8 Å². The number of aromatic nitrogens is 2. The first-order valence-corrected chi connectivity index (χ1v) is 4.98. The maximum Gasteiger partial charge on any atom is 0.143 e. The molecule has 1 aromatic heterocycles. The number of aromatic amines is 1. The Labute approximate surface area is 97.6 Å². The van der Waals surface area contributed by atoms with Gasteiger partial charge < -0.3 is 15.8 Å². The van der Waals surface area contributed by atoms with Crippen LogP contribution in [0, 0.1) is 0 Å². The van der Waals surface area contributed by atoms with Gasteiger partial charge in [0.1, 0.15) is 17.3 Å². The largest absolute Gasteiger partial charge is 0.497 e. The van der Waals surface area contributed by atoms with Crippen molar-refractivity contribution in [2.75, 3.05) is 18.2 Å². The zero-order valence-corrected chi connectivity index (χ0v) is 9.38. The van der Waals surface area contributed by atoms with Crippen LogP contribution >= 0.6 is 11.6 Å². The van der Waals surface area contributed by atoms with Gasteiger partial charge in [0.15, 0.2) is 0 Å². The molecule has 16 heavy (non-hydrogen) atoms. The number of nitrogens with zero attached hydrogens (tertiary/aromatic N) is 1. The van der Waals surface area contributed by atoms with Gasteiger partial charge in [0, 0.05) is 6.07 Å². The molecule has 0 fully saturated rings. The number of hydrogen-bond acceptors (Lipinski definition) is 4. The third-order valence-corrected chi connectivity index (χ3v) is 2.44. The minimum atomic E-state index is 0.457. The molecule has 84 valence electrons. The Bertz CT molecular complexity index is 497. The van der Waals surface area contributed by atoms with Gasteiger partial charge in [-0.3, -0.25) is 5.10 Å². The highest BCUT2D eigenvalue weighted by molar-refractivity contribution is 6.33. The van der Waals surface area contributed by atoms with Crippen LogP contribution in [-0.4, -0.2) is 17.3 Å². The van der Waals surface area contributed by atoms with E-state index in [9.17, 15) is 0 Å². The average molecular weight is 239 g/mol. The van der Waals surface area contributed by atoms with E-state index in [0.29, 0.717) is 28.0 Å². The summed E-state index contributed by atoms with van der Waals surface area (Å²) in [7, 11) is 1.60. The van der Waals surface area contributed by atoms with Crippen LogP contribution in [0.2, 0.25) is 5.02 Å². The molecule has 0 radical (unpaired) electrons. The second-order valence-electron chi connectivity index (χ2n) is 3.17. The number of methoxy groups -OCH3 is 1. The van der Waals surface area contributed by atoms with Crippen molar-refractivity contribution >= 4 is 28.8 Å². The van der Waals surface area contributed by atoms with Crippen molar-refractivity contribution in [3.05, 3.63) is 29.4 Å². The minimum Gasteiger partial charge on any atom is -0.497 e. The number of benzene rings is 1. The first-order chi connectivity index (χ1) is 7.70. The molecular formula is C10H11ClN4O. The molecule has 1 aromatic carbocycles. The normalized spacial score (nSPS) is 10.1.